The van der Waals surface area contributed by atoms with Crippen LogP contribution in [0.5, 0.6) is 0 Å². The summed E-state index contributed by atoms with van der Waals surface area (Å²) in [7, 11) is 1.63. The van der Waals surface area contributed by atoms with Gasteiger partial charge in [0.25, 0.3) is 0 Å². The van der Waals surface area contributed by atoms with Crippen LogP contribution in [-0.2, 0) is 11.8 Å². The van der Waals surface area contributed by atoms with Crippen molar-refractivity contribution in [3.8, 4) is 11.8 Å². The minimum atomic E-state index is -0.600. The number of hydrogen-bond acceptors (Lipinski definition) is 3. The fraction of sp³-hybridized carbons (Fsp3) is 0.125. The smallest absolute Gasteiger partial charge is 0.355 e. The molecule has 0 atom stereocenters. The van der Waals surface area contributed by atoms with Crippen molar-refractivity contribution in [2.45, 2.75) is 0 Å². The molecular formula is C16H13ClN2O3. The first-order chi connectivity index (χ1) is 10.5. The third-order valence-corrected chi connectivity index (χ3v) is 3.10. The number of rotatable bonds is 3. The fourth-order valence-corrected chi connectivity index (χ4v) is 1.88. The Morgan fingerprint density at radius 1 is 1.32 bits per heavy atom. The second kappa shape index (κ2) is 6.83. The van der Waals surface area contributed by atoms with Gasteiger partial charge >= 0.3 is 5.97 Å². The number of primary amides is 1. The number of amides is 1. The summed E-state index contributed by atoms with van der Waals surface area (Å²) in [5.41, 5.74) is 6.42. The third kappa shape index (κ3) is 3.90. The van der Waals surface area contributed by atoms with Crippen LogP contribution in [0.2, 0.25) is 5.02 Å². The van der Waals surface area contributed by atoms with Gasteiger partial charge in [-0.3, -0.25) is 4.79 Å². The average molecular weight is 317 g/mol. The van der Waals surface area contributed by atoms with E-state index in [1.165, 1.54) is 16.8 Å². The van der Waals surface area contributed by atoms with E-state index in [0.29, 0.717) is 5.02 Å². The molecule has 6 heteroatoms. The molecule has 0 bridgehead atoms. The summed E-state index contributed by atoms with van der Waals surface area (Å²) < 4.78 is 6.52. The highest BCUT2D eigenvalue weighted by atomic mass is 35.5. The summed E-state index contributed by atoms with van der Waals surface area (Å²) in [6, 6.07) is 8.39. The second-order valence-corrected chi connectivity index (χ2v) is 4.91. The molecule has 0 saturated heterocycles. The summed E-state index contributed by atoms with van der Waals surface area (Å²) >= 11 is 5.77. The summed E-state index contributed by atoms with van der Waals surface area (Å²) in [6.07, 6.45) is 1.47. The topological polar surface area (TPSA) is 74.3 Å². The van der Waals surface area contributed by atoms with Gasteiger partial charge < -0.3 is 15.0 Å². The van der Waals surface area contributed by atoms with Crippen LogP contribution in [0.4, 0.5) is 0 Å². The number of aryl methyl sites for hydroxylation is 1. The zero-order chi connectivity index (χ0) is 16.1. The zero-order valence-electron chi connectivity index (χ0n) is 11.8. The lowest BCUT2D eigenvalue weighted by Crippen LogP contribution is -2.10. The molecule has 0 aliphatic heterocycles. The van der Waals surface area contributed by atoms with Gasteiger partial charge in [-0.25, -0.2) is 4.79 Å². The zero-order valence-corrected chi connectivity index (χ0v) is 12.6. The SMILES string of the molecule is Cn1cc(C(N)=O)cc1C(=O)OCC#Cc1ccc(Cl)cc1. The van der Waals surface area contributed by atoms with Crippen molar-refractivity contribution in [1.29, 1.82) is 0 Å². The standard InChI is InChI=1S/C16H13ClN2O3/c1-19-10-12(15(18)20)9-14(19)16(21)22-8-2-3-11-4-6-13(17)7-5-11/h4-7,9-10H,8H2,1H3,(H2,18,20). The molecule has 1 amide bonds. The molecule has 22 heavy (non-hydrogen) atoms. The molecule has 2 rings (SSSR count). The van der Waals surface area contributed by atoms with Crippen LogP contribution in [-0.4, -0.2) is 23.1 Å². The molecule has 0 saturated carbocycles. The molecule has 112 valence electrons. The van der Waals surface area contributed by atoms with Crippen molar-refractivity contribution in [3.63, 3.8) is 0 Å². The molecule has 2 N–H and O–H groups in total. The van der Waals surface area contributed by atoms with Crippen molar-refractivity contribution in [3.05, 3.63) is 58.4 Å². The van der Waals surface area contributed by atoms with Crippen LogP contribution in [0.3, 0.4) is 0 Å². The van der Waals surface area contributed by atoms with Gasteiger partial charge in [-0.1, -0.05) is 23.4 Å². The van der Waals surface area contributed by atoms with E-state index in [1.807, 2.05) is 0 Å². The molecule has 0 aliphatic rings. The molecule has 0 radical (unpaired) electrons. The van der Waals surface area contributed by atoms with Gasteiger partial charge in [-0.15, -0.1) is 0 Å². The Labute approximate surface area is 132 Å². The lowest BCUT2D eigenvalue weighted by Gasteiger charge is -2.01. The van der Waals surface area contributed by atoms with E-state index in [0.717, 1.165) is 5.56 Å². The van der Waals surface area contributed by atoms with Crippen LogP contribution in [0.25, 0.3) is 0 Å². The Morgan fingerprint density at radius 3 is 2.59 bits per heavy atom. The Hall–Kier alpha value is -2.71. The largest absolute Gasteiger partial charge is 0.448 e. The number of carbonyl (C=O) groups is 2. The van der Waals surface area contributed by atoms with Crippen molar-refractivity contribution < 1.29 is 14.3 Å². The van der Waals surface area contributed by atoms with Crippen molar-refractivity contribution in [1.82, 2.24) is 4.57 Å². The van der Waals surface area contributed by atoms with Crippen LogP contribution in [0.15, 0.2) is 36.5 Å². The monoisotopic (exact) mass is 316 g/mol. The minimum Gasteiger partial charge on any atom is -0.448 e. The average Bonchev–Trinajstić information content (AvgIpc) is 2.87. The van der Waals surface area contributed by atoms with E-state index in [1.54, 1.807) is 31.3 Å². The predicted molar refractivity (Wildman–Crippen MR) is 82.5 cm³/mol. The van der Waals surface area contributed by atoms with Gasteiger partial charge in [0.05, 0.1) is 5.56 Å². The van der Waals surface area contributed by atoms with E-state index in [9.17, 15) is 9.59 Å². The first-order valence-electron chi connectivity index (χ1n) is 6.35. The lowest BCUT2D eigenvalue weighted by atomic mass is 10.2. The summed E-state index contributed by atoms with van der Waals surface area (Å²) in [5, 5.41) is 0.631. The lowest BCUT2D eigenvalue weighted by molar-refractivity contribution is 0.0545. The molecule has 1 heterocycles. The quantitative estimate of drug-likeness (QED) is 0.695. The van der Waals surface area contributed by atoms with Gasteiger partial charge in [0.2, 0.25) is 5.91 Å². The third-order valence-electron chi connectivity index (χ3n) is 2.85. The number of esters is 1. The number of ether oxygens (including phenoxy) is 1. The maximum Gasteiger partial charge on any atom is 0.355 e. The molecule has 0 fully saturated rings. The number of benzene rings is 1. The van der Waals surface area contributed by atoms with Gasteiger partial charge in [0, 0.05) is 23.8 Å². The Balaban J connectivity index is 1.96. The first kappa shape index (κ1) is 15.7. The highest BCUT2D eigenvalue weighted by Gasteiger charge is 2.14. The highest BCUT2D eigenvalue weighted by Crippen LogP contribution is 2.09. The van der Waals surface area contributed by atoms with E-state index in [2.05, 4.69) is 11.8 Å². The number of nitrogens with two attached hydrogens (primary N) is 1. The molecule has 1 aromatic carbocycles. The van der Waals surface area contributed by atoms with Crippen LogP contribution in [0, 0.1) is 11.8 Å². The second-order valence-electron chi connectivity index (χ2n) is 4.47. The predicted octanol–water partition coefficient (Wildman–Crippen LogP) is 1.99. The molecule has 5 nitrogen and oxygen atoms in total. The van der Waals surface area contributed by atoms with Gasteiger partial charge in [0.15, 0.2) is 6.61 Å². The van der Waals surface area contributed by atoms with E-state index < -0.39 is 11.9 Å². The minimum absolute atomic E-state index is 0.0570. The summed E-state index contributed by atoms with van der Waals surface area (Å²) in [4.78, 5) is 22.9. The molecule has 0 aliphatic carbocycles. The van der Waals surface area contributed by atoms with Crippen LogP contribution < -0.4 is 5.73 Å². The fourth-order valence-electron chi connectivity index (χ4n) is 1.75. The molecule has 2 aromatic rings. The molecule has 0 unspecified atom stereocenters. The van der Waals surface area contributed by atoms with E-state index >= 15 is 0 Å². The van der Waals surface area contributed by atoms with Crippen LogP contribution in [0.1, 0.15) is 26.4 Å². The van der Waals surface area contributed by atoms with E-state index in [-0.39, 0.29) is 17.9 Å². The summed E-state index contributed by atoms with van der Waals surface area (Å²) in [6.45, 7) is -0.0570. The number of hydrogen-bond donors (Lipinski definition) is 1. The molecular weight excluding hydrogens is 304 g/mol. The number of carbonyl (C=O) groups excluding carboxylic acids is 2. The van der Waals surface area contributed by atoms with Crippen molar-refractivity contribution in [2.75, 3.05) is 6.61 Å². The van der Waals surface area contributed by atoms with Crippen LogP contribution >= 0.6 is 11.6 Å². The van der Waals surface area contributed by atoms with Crippen molar-refractivity contribution in [2.24, 2.45) is 12.8 Å². The normalized spacial score (nSPS) is 9.73. The molecule has 1 aromatic heterocycles. The van der Waals surface area contributed by atoms with Crippen molar-refractivity contribution >= 4 is 23.5 Å². The number of halogens is 1. The van der Waals surface area contributed by atoms with Gasteiger partial charge in [-0.2, -0.15) is 0 Å². The maximum absolute atomic E-state index is 11.9. The Morgan fingerprint density at radius 2 is 2.00 bits per heavy atom. The van der Waals surface area contributed by atoms with E-state index in [4.69, 9.17) is 22.1 Å². The first-order valence-corrected chi connectivity index (χ1v) is 6.73. The van der Waals surface area contributed by atoms with Gasteiger partial charge in [-0.05, 0) is 30.3 Å². The maximum atomic E-state index is 11.9. The Kier molecular flexibility index (Phi) is 4.87. The van der Waals surface area contributed by atoms with Gasteiger partial charge in [0.1, 0.15) is 5.69 Å². The Bertz CT molecular complexity index is 767. The number of nitrogens with zero attached hydrogens (tertiary/aromatic N) is 1. The highest BCUT2D eigenvalue weighted by molar-refractivity contribution is 6.30. The summed E-state index contributed by atoms with van der Waals surface area (Å²) in [5.74, 6) is 4.41. The number of aromatic nitrogens is 1. The molecule has 0 spiro atoms.